The summed E-state index contributed by atoms with van der Waals surface area (Å²) in [6, 6.07) is 12.6. The predicted octanol–water partition coefficient (Wildman–Crippen LogP) is 0.895. The lowest BCUT2D eigenvalue weighted by molar-refractivity contribution is -0.137. The molecular formula is C17H17N3O4. The Kier molecular flexibility index (Phi) is 4.33. The van der Waals surface area contributed by atoms with E-state index < -0.39 is 18.2 Å². The number of carbonyl (C=O) groups excluding carboxylic acids is 1. The minimum absolute atomic E-state index is 0.119. The Labute approximate surface area is 138 Å². The van der Waals surface area contributed by atoms with E-state index in [1.165, 1.54) is 10.6 Å². The molecule has 0 spiro atoms. The first kappa shape index (κ1) is 15.8. The summed E-state index contributed by atoms with van der Waals surface area (Å²) in [5.41, 5.74) is 0.609. The molecule has 1 fully saturated rings. The third-order valence-corrected chi connectivity index (χ3v) is 4.05. The van der Waals surface area contributed by atoms with Gasteiger partial charge in [-0.15, -0.1) is 0 Å². The van der Waals surface area contributed by atoms with Crippen molar-refractivity contribution in [2.75, 3.05) is 0 Å². The minimum atomic E-state index is -1.16. The van der Waals surface area contributed by atoms with Crippen LogP contribution in [0.2, 0.25) is 0 Å². The van der Waals surface area contributed by atoms with Gasteiger partial charge in [0.1, 0.15) is 6.04 Å². The Morgan fingerprint density at radius 2 is 1.83 bits per heavy atom. The van der Waals surface area contributed by atoms with E-state index in [2.05, 4.69) is 5.32 Å². The van der Waals surface area contributed by atoms with E-state index in [1.807, 2.05) is 30.3 Å². The second-order valence-electron chi connectivity index (χ2n) is 5.65. The smallest absolute Gasteiger partial charge is 0.408 e. The SMILES string of the molecule is O=C1N[C@@H](Cn2ccccc2=O)[C@@H]1N(Cc1ccccc1)C(=O)O. The van der Waals surface area contributed by atoms with Gasteiger partial charge in [-0.2, -0.15) is 0 Å². The number of carbonyl (C=O) groups is 2. The van der Waals surface area contributed by atoms with Crippen LogP contribution in [-0.2, 0) is 17.9 Å². The van der Waals surface area contributed by atoms with Crippen molar-refractivity contribution in [3.8, 4) is 0 Å². The number of benzene rings is 1. The van der Waals surface area contributed by atoms with Crippen LogP contribution in [0.5, 0.6) is 0 Å². The average molecular weight is 327 g/mol. The Balaban J connectivity index is 1.78. The Morgan fingerprint density at radius 1 is 1.12 bits per heavy atom. The molecule has 1 aliphatic rings. The lowest BCUT2D eigenvalue weighted by Crippen LogP contribution is -2.71. The van der Waals surface area contributed by atoms with Crippen molar-refractivity contribution >= 4 is 12.0 Å². The van der Waals surface area contributed by atoms with E-state index in [0.717, 1.165) is 10.5 Å². The Hall–Kier alpha value is -3.09. The van der Waals surface area contributed by atoms with Gasteiger partial charge in [0.2, 0.25) is 5.91 Å². The number of amides is 2. The number of hydrogen-bond acceptors (Lipinski definition) is 3. The third-order valence-electron chi connectivity index (χ3n) is 4.05. The highest BCUT2D eigenvalue weighted by Crippen LogP contribution is 2.19. The first-order valence-electron chi connectivity index (χ1n) is 7.55. The number of aromatic nitrogens is 1. The molecule has 7 nitrogen and oxygen atoms in total. The van der Waals surface area contributed by atoms with Crippen molar-refractivity contribution in [1.29, 1.82) is 0 Å². The van der Waals surface area contributed by atoms with Gasteiger partial charge in [-0.05, 0) is 11.6 Å². The highest BCUT2D eigenvalue weighted by molar-refractivity contribution is 5.92. The Morgan fingerprint density at radius 3 is 2.46 bits per heavy atom. The largest absolute Gasteiger partial charge is 0.465 e. The second kappa shape index (κ2) is 6.57. The van der Waals surface area contributed by atoms with Crippen molar-refractivity contribution in [2.45, 2.75) is 25.2 Å². The van der Waals surface area contributed by atoms with Crippen molar-refractivity contribution in [3.05, 3.63) is 70.6 Å². The van der Waals surface area contributed by atoms with E-state index in [9.17, 15) is 19.5 Å². The normalized spacial score (nSPS) is 19.2. The molecule has 3 rings (SSSR count). The highest BCUT2D eigenvalue weighted by Gasteiger charge is 2.45. The zero-order valence-electron chi connectivity index (χ0n) is 12.8. The summed E-state index contributed by atoms with van der Waals surface area (Å²) in [6.45, 7) is 0.350. The number of pyridine rings is 1. The molecule has 0 unspecified atom stereocenters. The lowest BCUT2D eigenvalue weighted by Gasteiger charge is -2.42. The first-order chi connectivity index (χ1) is 11.6. The van der Waals surface area contributed by atoms with Gasteiger partial charge < -0.3 is 15.0 Å². The zero-order valence-corrected chi connectivity index (χ0v) is 12.8. The van der Waals surface area contributed by atoms with E-state index in [0.29, 0.717) is 0 Å². The standard InChI is InChI=1S/C17H17N3O4/c21-14-8-4-5-9-19(14)11-13-15(16(22)18-13)20(17(23)24)10-12-6-2-1-3-7-12/h1-9,13,15H,10-11H2,(H,18,22)(H,23,24)/t13-,15-/m0/s1. The van der Waals surface area contributed by atoms with Crippen LogP contribution in [0.15, 0.2) is 59.5 Å². The van der Waals surface area contributed by atoms with E-state index in [4.69, 9.17) is 0 Å². The van der Waals surface area contributed by atoms with Crippen LogP contribution in [0.3, 0.4) is 0 Å². The predicted molar refractivity (Wildman–Crippen MR) is 86.4 cm³/mol. The maximum absolute atomic E-state index is 11.9. The summed E-state index contributed by atoms with van der Waals surface area (Å²) in [6.07, 6.45) is 0.454. The Bertz CT molecular complexity index is 803. The van der Waals surface area contributed by atoms with Crippen LogP contribution in [0.25, 0.3) is 0 Å². The number of nitrogens with zero attached hydrogens (tertiary/aromatic N) is 2. The fourth-order valence-corrected chi connectivity index (χ4v) is 2.83. The summed E-state index contributed by atoms with van der Waals surface area (Å²) >= 11 is 0. The average Bonchev–Trinajstić information content (AvgIpc) is 2.56. The molecule has 0 saturated carbocycles. The monoisotopic (exact) mass is 327 g/mol. The molecule has 1 saturated heterocycles. The summed E-state index contributed by atoms with van der Waals surface area (Å²) in [4.78, 5) is 36.5. The summed E-state index contributed by atoms with van der Waals surface area (Å²) < 4.78 is 1.46. The zero-order chi connectivity index (χ0) is 17.1. The van der Waals surface area contributed by atoms with Crippen molar-refractivity contribution in [2.24, 2.45) is 0 Å². The molecule has 1 aromatic carbocycles. The molecule has 124 valence electrons. The highest BCUT2D eigenvalue weighted by atomic mass is 16.4. The molecule has 1 aromatic heterocycles. The molecule has 0 bridgehead atoms. The first-order valence-corrected chi connectivity index (χ1v) is 7.55. The lowest BCUT2D eigenvalue weighted by atomic mass is 9.96. The van der Waals surface area contributed by atoms with Crippen LogP contribution >= 0.6 is 0 Å². The molecular weight excluding hydrogens is 310 g/mol. The maximum Gasteiger partial charge on any atom is 0.408 e. The molecule has 7 heteroatoms. The van der Waals surface area contributed by atoms with Gasteiger partial charge in [-0.1, -0.05) is 36.4 Å². The van der Waals surface area contributed by atoms with Crippen molar-refractivity contribution in [3.63, 3.8) is 0 Å². The summed E-state index contributed by atoms with van der Waals surface area (Å²) in [5.74, 6) is -0.345. The van der Waals surface area contributed by atoms with Crippen LogP contribution in [0.4, 0.5) is 4.79 Å². The van der Waals surface area contributed by atoms with E-state index in [-0.39, 0.29) is 24.6 Å². The van der Waals surface area contributed by atoms with Gasteiger partial charge in [-0.3, -0.25) is 14.5 Å². The van der Waals surface area contributed by atoms with E-state index in [1.54, 1.807) is 18.3 Å². The van der Waals surface area contributed by atoms with Crippen LogP contribution in [-0.4, -0.2) is 38.7 Å². The molecule has 2 atom stereocenters. The number of hydrogen-bond donors (Lipinski definition) is 2. The molecule has 2 heterocycles. The fourth-order valence-electron chi connectivity index (χ4n) is 2.83. The van der Waals surface area contributed by atoms with Crippen LogP contribution < -0.4 is 10.9 Å². The van der Waals surface area contributed by atoms with Crippen molar-refractivity contribution < 1.29 is 14.7 Å². The van der Waals surface area contributed by atoms with Gasteiger partial charge in [0.25, 0.3) is 5.56 Å². The van der Waals surface area contributed by atoms with Gasteiger partial charge in [-0.25, -0.2) is 4.79 Å². The second-order valence-corrected chi connectivity index (χ2v) is 5.65. The molecule has 2 N–H and O–H groups in total. The number of nitrogens with one attached hydrogen (secondary N) is 1. The fraction of sp³-hybridized carbons (Fsp3) is 0.235. The quantitative estimate of drug-likeness (QED) is 0.798. The third kappa shape index (κ3) is 3.15. The molecule has 2 aromatic rings. The molecule has 24 heavy (non-hydrogen) atoms. The van der Waals surface area contributed by atoms with E-state index >= 15 is 0 Å². The molecule has 2 amide bonds. The molecule has 1 aliphatic heterocycles. The molecule has 0 aliphatic carbocycles. The maximum atomic E-state index is 11.9. The van der Waals surface area contributed by atoms with Crippen molar-refractivity contribution in [1.82, 2.24) is 14.8 Å². The molecule has 0 radical (unpaired) electrons. The van der Waals surface area contributed by atoms with Gasteiger partial charge >= 0.3 is 6.09 Å². The minimum Gasteiger partial charge on any atom is -0.465 e. The number of rotatable bonds is 5. The number of β-lactam (4-membered cyclic amide) rings is 1. The van der Waals surface area contributed by atoms with Crippen LogP contribution in [0.1, 0.15) is 5.56 Å². The number of carboxylic acid groups (broad SMARTS) is 1. The van der Waals surface area contributed by atoms with Gasteiger partial charge in [0.15, 0.2) is 0 Å². The topological polar surface area (TPSA) is 91.6 Å². The van der Waals surface area contributed by atoms with Gasteiger partial charge in [0, 0.05) is 25.4 Å². The van der Waals surface area contributed by atoms with Gasteiger partial charge in [0.05, 0.1) is 6.04 Å². The van der Waals surface area contributed by atoms with Crippen LogP contribution in [0, 0.1) is 0 Å². The summed E-state index contributed by atoms with van der Waals surface area (Å²) in [5, 5.41) is 12.2. The summed E-state index contributed by atoms with van der Waals surface area (Å²) in [7, 11) is 0.